The molecule has 1 atom stereocenters. The molecule has 0 aromatic carbocycles. The molecule has 1 rings (SSSR count). The summed E-state index contributed by atoms with van der Waals surface area (Å²) in [6.07, 6.45) is 0.782. The Morgan fingerprint density at radius 2 is 2.36 bits per heavy atom. The van der Waals surface area contributed by atoms with E-state index in [0.717, 1.165) is 6.42 Å². The quantitative estimate of drug-likeness (QED) is 0.847. The SMILES string of the molecule is CC(Br)CCNS(=O)(=O)c1cccs1. The van der Waals surface area contributed by atoms with Crippen LogP contribution in [0.3, 0.4) is 0 Å². The molecule has 1 unspecified atom stereocenters. The average Bonchev–Trinajstić information content (AvgIpc) is 2.54. The zero-order valence-electron chi connectivity index (χ0n) is 7.73. The first-order valence-electron chi connectivity index (χ1n) is 4.19. The van der Waals surface area contributed by atoms with E-state index in [4.69, 9.17) is 0 Å². The summed E-state index contributed by atoms with van der Waals surface area (Å²) in [4.78, 5) is 0.327. The van der Waals surface area contributed by atoms with Crippen molar-refractivity contribution in [2.75, 3.05) is 6.54 Å². The molecule has 1 N–H and O–H groups in total. The Morgan fingerprint density at radius 1 is 1.64 bits per heavy atom. The van der Waals surface area contributed by atoms with Crippen molar-refractivity contribution in [1.82, 2.24) is 4.72 Å². The Labute approximate surface area is 96.7 Å². The molecule has 3 nitrogen and oxygen atoms in total. The third-order valence-electron chi connectivity index (χ3n) is 1.59. The minimum absolute atomic E-state index is 0.327. The molecule has 0 spiro atoms. The highest BCUT2D eigenvalue weighted by molar-refractivity contribution is 9.09. The smallest absolute Gasteiger partial charge is 0.210 e. The van der Waals surface area contributed by atoms with Gasteiger partial charge in [-0.1, -0.05) is 28.9 Å². The molecule has 0 bridgehead atoms. The van der Waals surface area contributed by atoms with Gasteiger partial charge in [0.15, 0.2) is 0 Å². The maximum Gasteiger partial charge on any atom is 0.250 e. The van der Waals surface area contributed by atoms with E-state index in [1.807, 2.05) is 6.92 Å². The molecule has 14 heavy (non-hydrogen) atoms. The number of thiophene rings is 1. The fourth-order valence-electron chi connectivity index (χ4n) is 0.880. The van der Waals surface area contributed by atoms with Crippen LogP contribution < -0.4 is 4.72 Å². The van der Waals surface area contributed by atoms with Crippen LogP contribution in [-0.4, -0.2) is 19.8 Å². The van der Waals surface area contributed by atoms with Crippen LogP contribution in [0.1, 0.15) is 13.3 Å². The minimum Gasteiger partial charge on any atom is -0.210 e. The first kappa shape index (κ1) is 12.2. The standard InChI is InChI=1S/C8H12BrNO2S2/c1-7(9)4-5-10-14(11,12)8-3-2-6-13-8/h2-3,6-7,10H,4-5H2,1H3. The van der Waals surface area contributed by atoms with E-state index in [2.05, 4.69) is 20.7 Å². The highest BCUT2D eigenvalue weighted by Crippen LogP contribution is 2.15. The molecule has 0 aliphatic carbocycles. The molecule has 80 valence electrons. The van der Waals surface area contributed by atoms with Crippen molar-refractivity contribution < 1.29 is 8.42 Å². The summed E-state index contributed by atoms with van der Waals surface area (Å²) < 4.78 is 26.0. The van der Waals surface area contributed by atoms with Gasteiger partial charge in [-0.2, -0.15) is 0 Å². The summed E-state index contributed by atoms with van der Waals surface area (Å²) in [7, 11) is -3.26. The number of hydrogen-bond acceptors (Lipinski definition) is 3. The van der Waals surface area contributed by atoms with Crippen molar-refractivity contribution in [3.8, 4) is 0 Å². The van der Waals surface area contributed by atoms with Crippen LogP contribution in [0.25, 0.3) is 0 Å². The molecule has 0 aliphatic heterocycles. The van der Waals surface area contributed by atoms with Gasteiger partial charge in [0.1, 0.15) is 4.21 Å². The Bertz CT molecular complexity index is 359. The molecule has 0 fully saturated rings. The molecule has 0 aliphatic rings. The molecule has 1 aromatic heterocycles. The lowest BCUT2D eigenvalue weighted by Crippen LogP contribution is -2.25. The number of hydrogen-bond donors (Lipinski definition) is 1. The van der Waals surface area contributed by atoms with E-state index in [-0.39, 0.29) is 0 Å². The van der Waals surface area contributed by atoms with E-state index in [0.29, 0.717) is 15.6 Å². The van der Waals surface area contributed by atoms with Crippen LogP contribution in [-0.2, 0) is 10.0 Å². The maximum absolute atomic E-state index is 11.6. The lowest BCUT2D eigenvalue weighted by Gasteiger charge is -2.05. The first-order valence-corrected chi connectivity index (χ1v) is 7.47. The number of alkyl halides is 1. The van der Waals surface area contributed by atoms with Crippen molar-refractivity contribution in [3.05, 3.63) is 17.5 Å². The number of rotatable bonds is 5. The second-order valence-corrected chi connectivity index (χ2v) is 7.40. The fourth-order valence-corrected chi connectivity index (χ4v) is 3.19. The van der Waals surface area contributed by atoms with Crippen molar-refractivity contribution in [3.63, 3.8) is 0 Å². The van der Waals surface area contributed by atoms with Gasteiger partial charge in [-0.25, -0.2) is 13.1 Å². The Balaban J connectivity index is 2.52. The molecular weight excluding hydrogens is 286 g/mol. The second-order valence-electron chi connectivity index (χ2n) is 2.90. The van der Waals surface area contributed by atoms with Crippen molar-refractivity contribution in [2.45, 2.75) is 22.4 Å². The zero-order valence-corrected chi connectivity index (χ0v) is 11.0. The van der Waals surface area contributed by atoms with Gasteiger partial charge < -0.3 is 0 Å². The number of halogens is 1. The highest BCUT2D eigenvalue weighted by Gasteiger charge is 2.13. The van der Waals surface area contributed by atoms with E-state index in [1.54, 1.807) is 17.5 Å². The molecule has 0 amide bonds. The highest BCUT2D eigenvalue weighted by atomic mass is 79.9. The van der Waals surface area contributed by atoms with Crippen molar-refractivity contribution in [1.29, 1.82) is 0 Å². The summed E-state index contributed by atoms with van der Waals surface area (Å²) in [6.45, 7) is 2.45. The topological polar surface area (TPSA) is 46.2 Å². The zero-order chi connectivity index (χ0) is 10.6. The summed E-state index contributed by atoms with van der Waals surface area (Å²) in [5.41, 5.74) is 0. The maximum atomic E-state index is 11.6. The lowest BCUT2D eigenvalue weighted by molar-refractivity contribution is 0.581. The van der Waals surface area contributed by atoms with Crippen LogP contribution in [0.15, 0.2) is 21.7 Å². The van der Waals surface area contributed by atoms with Gasteiger partial charge in [-0.05, 0) is 17.9 Å². The largest absolute Gasteiger partial charge is 0.250 e. The molecule has 0 saturated heterocycles. The number of nitrogens with one attached hydrogen (secondary N) is 1. The minimum atomic E-state index is -3.26. The Kier molecular flexibility index (Phi) is 4.56. The molecule has 0 saturated carbocycles. The molecule has 0 radical (unpaired) electrons. The van der Waals surface area contributed by atoms with Crippen LogP contribution in [0.5, 0.6) is 0 Å². The predicted molar refractivity (Wildman–Crippen MR) is 62.5 cm³/mol. The van der Waals surface area contributed by atoms with Gasteiger partial charge in [0.2, 0.25) is 10.0 Å². The van der Waals surface area contributed by atoms with E-state index in [1.165, 1.54) is 11.3 Å². The third kappa shape index (κ3) is 3.68. The molecule has 6 heteroatoms. The summed E-state index contributed by atoms with van der Waals surface area (Å²) in [6, 6.07) is 3.33. The van der Waals surface area contributed by atoms with Crippen molar-refractivity contribution >= 4 is 37.3 Å². The van der Waals surface area contributed by atoms with Crippen LogP contribution in [0.4, 0.5) is 0 Å². The van der Waals surface area contributed by atoms with Crippen LogP contribution in [0.2, 0.25) is 0 Å². The molecule has 1 aromatic rings. The summed E-state index contributed by atoms with van der Waals surface area (Å²) >= 11 is 4.59. The van der Waals surface area contributed by atoms with E-state index < -0.39 is 10.0 Å². The van der Waals surface area contributed by atoms with Gasteiger partial charge >= 0.3 is 0 Å². The lowest BCUT2D eigenvalue weighted by atomic mass is 10.3. The average molecular weight is 298 g/mol. The van der Waals surface area contributed by atoms with Gasteiger partial charge in [-0.15, -0.1) is 11.3 Å². The van der Waals surface area contributed by atoms with Gasteiger partial charge in [0.25, 0.3) is 0 Å². The summed E-state index contributed by atoms with van der Waals surface area (Å²) in [5, 5.41) is 1.75. The van der Waals surface area contributed by atoms with Crippen LogP contribution in [0, 0.1) is 0 Å². The van der Waals surface area contributed by atoms with Gasteiger partial charge in [0, 0.05) is 11.4 Å². The van der Waals surface area contributed by atoms with Gasteiger partial charge in [-0.3, -0.25) is 0 Å². The first-order chi connectivity index (χ1) is 6.52. The molecule has 1 heterocycles. The van der Waals surface area contributed by atoms with Gasteiger partial charge in [0.05, 0.1) is 0 Å². The normalized spacial score (nSPS) is 14.1. The van der Waals surface area contributed by atoms with Crippen molar-refractivity contribution in [2.24, 2.45) is 0 Å². The Morgan fingerprint density at radius 3 is 2.86 bits per heavy atom. The predicted octanol–water partition coefficient (Wildman–Crippen LogP) is 2.20. The van der Waals surface area contributed by atoms with E-state index >= 15 is 0 Å². The third-order valence-corrected chi connectivity index (χ3v) is 4.91. The fraction of sp³-hybridized carbons (Fsp3) is 0.500. The monoisotopic (exact) mass is 297 g/mol. The number of sulfonamides is 1. The van der Waals surface area contributed by atoms with Crippen LogP contribution >= 0.6 is 27.3 Å². The van der Waals surface area contributed by atoms with E-state index in [9.17, 15) is 8.42 Å². The second kappa shape index (κ2) is 5.25. The Hall–Kier alpha value is 0.0900. The summed E-state index contributed by atoms with van der Waals surface area (Å²) in [5.74, 6) is 0. The molecular formula is C8H12BrNO2S2.